The lowest BCUT2D eigenvalue weighted by Gasteiger charge is -2.37. The Balaban J connectivity index is 1.42. The highest BCUT2D eigenvalue weighted by Gasteiger charge is 2.35. The van der Waals surface area contributed by atoms with E-state index in [1.807, 2.05) is 0 Å². The van der Waals surface area contributed by atoms with Crippen LogP contribution in [0.15, 0.2) is 24.3 Å². The van der Waals surface area contributed by atoms with Gasteiger partial charge < -0.3 is 24.8 Å². The second kappa shape index (κ2) is 10.0. The van der Waals surface area contributed by atoms with Crippen LogP contribution >= 0.6 is 0 Å². The SMILES string of the molecule is COc1ccc(C(CNC2CCCC2C2COCCN2)N2CCOCC2)cc1. The van der Waals surface area contributed by atoms with Crippen LogP contribution in [-0.2, 0) is 9.47 Å². The molecule has 28 heavy (non-hydrogen) atoms. The van der Waals surface area contributed by atoms with E-state index in [1.165, 1.54) is 24.8 Å². The van der Waals surface area contributed by atoms with Gasteiger partial charge in [-0.15, -0.1) is 0 Å². The predicted octanol–water partition coefficient (Wildman–Crippen LogP) is 1.82. The summed E-state index contributed by atoms with van der Waals surface area (Å²) >= 11 is 0. The van der Waals surface area contributed by atoms with Gasteiger partial charge in [0.1, 0.15) is 5.75 Å². The highest BCUT2D eigenvalue weighted by Crippen LogP contribution is 2.31. The molecular formula is C22H35N3O3. The lowest BCUT2D eigenvalue weighted by Crippen LogP contribution is -2.52. The van der Waals surface area contributed by atoms with Crippen molar-refractivity contribution in [3.05, 3.63) is 29.8 Å². The molecule has 156 valence electrons. The van der Waals surface area contributed by atoms with Crippen LogP contribution in [0.5, 0.6) is 5.75 Å². The Kier molecular flexibility index (Phi) is 7.20. The van der Waals surface area contributed by atoms with E-state index in [-0.39, 0.29) is 0 Å². The van der Waals surface area contributed by atoms with Crippen molar-refractivity contribution in [3.63, 3.8) is 0 Å². The van der Waals surface area contributed by atoms with Gasteiger partial charge in [-0.25, -0.2) is 0 Å². The summed E-state index contributed by atoms with van der Waals surface area (Å²) < 4.78 is 16.7. The van der Waals surface area contributed by atoms with Gasteiger partial charge in [-0.05, 0) is 36.5 Å². The van der Waals surface area contributed by atoms with Gasteiger partial charge in [-0.1, -0.05) is 18.6 Å². The van der Waals surface area contributed by atoms with E-state index in [0.29, 0.717) is 24.0 Å². The lowest BCUT2D eigenvalue weighted by molar-refractivity contribution is 0.0144. The third kappa shape index (κ3) is 4.86. The molecule has 2 saturated heterocycles. The molecule has 2 N–H and O–H groups in total. The molecule has 1 aliphatic carbocycles. The zero-order chi connectivity index (χ0) is 19.2. The quantitative estimate of drug-likeness (QED) is 0.742. The third-order valence-corrected chi connectivity index (χ3v) is 6.60. The number of nitrogens with one attached hydrogen (secondary N) is 2. The van der Waals surface area contributed by atoms with Gasteiger partial charge in [0.25, 0.3) is 0 Å². The zero-order valence-corrected chi connectivity index (χ0v) is 17.1. The summed E-state index contributed by atoms with van der Waals surface area (Å²) in [6, 6.07) is 10.0. The van der Waals surface area contributed by atoms with Crippen molar-refractivity contribution in [1.29, 1.82) is 0 Å². The minimum atomic E-state index is 0.367. The van der Waals surface area contributed by atoms with Gasteiger partial charge in [-0.2, -0.15) is 0 Å². The fraction of sp³-hybridized carbons (Fsp3) is 0.727. The maximum Gasteiger partial charge on any atom is 0.118 e. The Hall–Kier alpha value is -1.18. The Morgan fingerprint density at radius 3 is 2.68 bits per heavy atom. The van der Waals surface area contributed by atoms with Crippen molar-refractivity contribution in [2.24, 2.45) is 5.92 Å². The second-order valence-corrected chi connectivity index (χ2v) is 8.18. The number of morpholine rings is 2. The van der Waals surface area contributed by atoms with Crippen LogP contribution < -0.4 is 15.4 Å². The Bertz CT molecular complexity index is 585. The molecule has 1 aromatic rings. The zero-order valence-electron chi connectivity index (χ0n) is 17.1. The van der Waals surface area contributed by atoms with E-state index < -0.39 is 0 Å². The average Bonchev–Trinajstić information content (AvgIpc) is 3.24. The number of rotatable bonds is 7. The molecule has 0 amide bonds. The smallest absolute Gasteiger partial charge is 0.118 e. The number of benzene rings is 1. The summed E-state index contributed by atoms with van der Waals surface area (Å²) in [6.45, 7) is 7.28. The van der Waals surface area contributed by atoms with Gasteiger partial charge in [0.05, 0.1) is 33.5 Å². The molecule has 0 bridgehead atoms. The molecule has 6 nitrogen and oxygen atoms in total. The van der Waals surface area contributed by atoms with E-state index in [0.717, 1.165) is 58.4 Å². The Morgan fingerprint density at radius 2 is 1.96 bits per heavy atom. The molecule has 4 rings (SSSR count). The largest absolute Gasteiger partial charge is 0.497 e. The molecule has 4 atom stereocenters. The predicted molar refractivity (Wildman–Crippen MR) is 110 cm³/mol. The highest BCUT2D eigenvalue weighted by atomic mass is 16.5. The fourth-order valence-electron chi connectivity index (χ4n) is 5.02. The van der Waals surface area contributed by atoms with E-state index in [4.69, 9.17) is 14.2 Å². The van der Waals surface area contributed by atoms with Gasteiger partial charge in [0.2, 0.25) is 0 Å². The molecule has 3 aliphatic rings. The minimum Gasteiger partial charge on any atom is -0.497 e. The molecular weight excluding hydrogens is 354 g/mol. The summed E-state index contributed by atoms with van der Waals surface area (Å²) in [6.07, 6.45) is 3.87. The number of methoxy groups -OCH3 is 1. The van der Waals surface area contributed by atoms with Crippen molar-refractivity contribution < 1.29 is 14.2 Å². The third-order valence-electron chi connectivity index (χ3n) is 6.60. The first-order chi connectivity index (χ1) is 13.8. The lowest BCUT2D eigenvalue weighted by atomic mass is 9.93. The fourth-order valence-corrected chi connectivity index (χ4v) is 5.02. The Morgan fingerprint density at radius 1 is 1.14 bits per heavy atom. The summed E-state index contributed by atoms with van der Waals surface area (Å²) in [5, 5.41) is 7.62. The van der Waals surface area contributed by atoms with E-state index in [9.17, 15) is 0 Å². The summed E-state index contributed by atoms with van der Waals surface area (Å²) in [5.74, 6) is 1.58. The van der Waals surface area contributed by atoms with Crippen LogP contribution in [-0.4, -0.2) is 76.7 Å². The summed E-state index contributed by atoms with van der Waals surface area (Å²) in [4.78, 5) is 2.56. The topological polar surface area (TPSA) is 55.0 Å². The standard InChI is InChI=1S/C22H35N3O3/c1-26-18-7-5-17(6-8-18)22(25-10-13-27-14-11-25)15-24-20-4-2-3-19(20)21-16-28-12-9-23-21/h5-8,19-24H,2-4,9-16H2,1H3. The molecule has 4 unspecified atom stereocenters. The van der Waals surface area contributed by atoms with Gasteiger partial charge in [-0.3, -0.25) is 4.90 Å². The molecule has 2 heterocycles. The van der Waals surface area contributed by atoms with Crippen molar-refractivity contribution >= 4 is 0 Å². The minimum absolute atomic E-state index is 0.367. The van der Waals surface area contributed by atoms with Crippen LogP contribution in [0.25, 0.3) is 0 Å². The molecule has 0 aromatic heterocycles. The molecule has 0 radical (unpaired) electrons. The molecule has 1 aromatic carbocycles. The van der Waals surface area contributed by atoms with Crippen LogP contribution in [0.2, 0.25) is 0 Å². The average molecular weight is 390 g/mol. The first-order valence-corrected chi connectivity index (χ1v) is 10.9. The van der Waals surface area contributed by atoms with Crippen LogP contribution in [0.4, 0.5) is 0 Å². The van der Waals surface area contributed by atoms with Crippen LogP contribution in [0.1, 0.15) is 30.9 Å². The van der Waals surface area contributed by atoms with Crippen molar-refractivity contribution in [2.75, 3.05) is 59.7 Å². The monoisotopic (exact) mass is 389 g/mol. The van der Waals surface area contributed by atoms with Crippen LogP contribution in [0.3, 0.4) is 0 Å². The van der Waals surface area contributed by atoms with Crippen LogP contribution in [0, 0.1) is 5.92 Å². The molecule has 2 aliphatic heterocycles. The summed E-state index contributed by atoms with van der Waals surface area (Å²) in [7, 11) is 1.72. The number of nitrogens with zero attached hydrogens (tertiary/aromatic N) is 1. The van der Waals surface area contributed by atoms with Gasteiger partial charge in [0, 0.05) is 44.3 Å². The van der Waals surface area contributed by atoms with E-state index in [1.54, 1.807) is 7.11 Å². The summed E-state index contributed by atoms with van der Waals surface area (Å²) in [5.41, 5.74) is 1.35. The molecule has 3 fully saturated rings. The van der Waals surface area contributed by atoms with E-state index >= 15 is 0 Å². The molecule has 6 heteroatoms. The number of hydrogen-bond acceptors (Lipinski definition) is 6. The maximum absolute atomic E-state index is 5.73. The molecule has 0 spiro atoms. The molecule has 1 saturated carbocycles. The van der Waals surface area contributed by atoms with Gasteiger partial charge >= 0.3 is 0 Å². The maximum atomic E-state index is 5.73. The van der Waals surface area contributed by atoms with Crippen molar-refractivity contribution in [2.45, 2.75) is 37.4 Å². The number of ether oxygens (including phenoxy) is 3. The number of hydrogen-bond donors (Lipinski definition) is 2. The van der Waals surface area contributed by atoms with Crippen molar-refractivity contribution in [3.8, 4) is 5.75 Å². The van der Waals surface area contributed by atoms with Crippen molar-refractivity contribution in [1.82, 2.24) is 15.5 Å². The second-order valence-electron chi connectivity index (χ2n) is 8.18. The van der Waals surface area contributed by atoms with Gasteiger partial charge in [0.15, 0.2) is 0 Å². The first-order valence-electron chi connectivity index (χ1n) is 10.9. The first kappa shape index (κ1) is 20.1. The normalized spacial score (nSPS) is 30.2. The van der Waals surface area contributed by atoms with E-state index in [2.05, 4.69) is 39.8 Å². The highest BCUT2D eigenvalue weighted by molar-refractivity contribution is 5.29. The Labute approximate surface area is 168 Å².